The van der Waals surface area contributed by atoms with Crippen molar-refractivity contribution in [3.05, 3.63) is 42.0 Å². The van der Waals surface area contributed by atoms with E-state index in [2.05, 4.69) is 5.32 Å². The molecule has 0 aliphatic heterocycles. The molecule has 3 unspecified atom stereocenters. The van der Waals surface area contributed by atoms with Gasteiger partial charge in [0.25, 0.3) is 0 Å². The summed E-state index contributed by atoms with van der Waals surface area (Å²) in [6.07, 6.45) is 4.64. The summed E-state index contributed by atoms with van der Waals surface area (Å²) in [5, 5.41) is 3.03. The summed E-state index contributed by atoms with van der Waals surface area (Å²) in [5.74, 6) is 0.775. The number of nitrogens with one attached hydrogen (secondary N) is 1. The number of carbonyl (C=O) groups excluding carboxylic acids is 1. The molecule has 0 bridgehead atoms. The molecule has 114 valence electrons. The van der Waals surface area contributed by atoms with Crippen LogP contribution in [0.25, 0.3) is 0 Å². The second-order valence-electron chi connectivity index (χ2n) is 5.86. The molecule has 0 fully saturated rings. The lowest BCUT2D eigenvalue weighted by Gasteiger charge is -2.18. The molecule has 3 atom stereocenters. The van der Waals surface area contributed by atoms with Crippen molar-refractivity contribution in [1.29, 1.82) is 0 Å². The van der Waals surface area contributed by atoms with Gasteiger partial charge in [0.15, 0.2) is 0 Å². The van der Waals surface area contributed by atoms with E-state index in [9.17, 15) is 4.79 Å². The lowest BCUT2D eigenvalue weighted by molar-refractivity contribution is -0.124. The second kappa shape index (κ2) is 6.76. The van der Waals surface area contributed by atoms with Crippen molar-refractivity contribution < 1.29 is 9.53 Å². The summed E-state index contributed by atoms with van der Waals surface area (Å²) in [5.41, 5.74) is 6.84. The molecule has 2 rings (SSSR count). The minimum absolute atomic E-state index is 0.00326. The zero-order valence-electron chi connectivity index (χ0n) is 12.9. The van der Waals surface area contributed by atoms with E-state index in [1.165, 1.54) is 0 Å². The number of carbonyl (C=O) groups is 1. The molecule has 1 aromatic rings. The number of amides is 1. The van der Waals surface area contributed by atoms with Crippen LogP contribution in [0.1, 0.15) is 38.8 Å². The van der Waals surface area contributed by atoms with Gasteiger partial charge in [0.1, 0.15) is 5.75 Å². The molecular weight excluding hydrogens is 264 g/mol. The molecule has 1 amide bonds. The third-order valence-corrected chi connectivity index (χ3v) is 3.56. The van der Waals surface area contributed by atoms with Crippen molar-refractivity contribution in [1.82, 2.24) is 5.32 Å². The van der Waals surface area contributed by atoms with Gasteiger partial charge >= 0.3 is 0 Å². The zero-order valence-corrected chi connectivity index (χ0v) is 12.9. The normalized spacial score (nSPS) is 22.3. The van der Waals surface area contributed by atoms with E-state index in [0.717, 1.165) is 11.3 Å². The maximum absolute atomic E-state index is 12.1. The van der Waals surface area contributed by atoms with Gasteiger partial charge in [-0.25, -0.2) is 0 Å². The maximum atomic E-state index is 12.1. The average Bonchev–Trinajstić information content (AvgIpc) is 2.85. The Kier molecular flexibility index (Phi) is 5.02. The van der Waals surface area contributed by atoms with Gasteiger partial charge in [-0.1, -0.05) is 24.3 Å². The first-order valence-electron chi connectivity index (χ1n) is 7.46. The molecule has 0 spiro atoms. The van der Waals surface area contributed by atoms with Gasteiger partial charge in [-0.15, -0.1) is 0 Å². The summed E-state index contributed by atoms with van der Waals surface area (Å²) < 4.78 is 5.61. The van der Waals surface area contributed by atoms with E-state index >= 15 is 0 Å². The smallest absolute Gasteiger partial charge is 0.227 e. The average molecular weight is 288 g/mol. The number of nitrogens with two attached hydrogens (primary N) is 1. The van der Waals surface area contributed by atoms with Crippen molar-refractivity contribution in [2.24, 2.45) is 11.7 Å². The molecule has 0 saturated heterocycles. The monoisotopic (exact) mass is 288 g/mol. The van der Waals surface area contributed by atoms with E-state index in [1.54, 1.807) is 0 Å². The Morgan fingerprint density at radius 1 is 1.24 bits per heavy atom. The summed E-state index contributed by atoms with van der Waals surface area (Å²) in [4.78, 5) is 12.1. The van der Waals surface area contributed by atoms with Crippen LogP contribution in [0.15, 0.2) is 36.4 Å². The van der Waals surface area contributed by atoms with Gasteiger partial charge in [0, 0.05) is 6.04 Å². The number of hydrogen-bond donors (Lipinski definition) is 2. The molecular formula is C17H24N2O2. The van der Waals surface area contributed by atoms with Gasteiger partial charge in [0.05, 0.1) is 18.1 Å². The molecule has 3 N–H and O–H groups in total. The van der Waals surface area contributed by atoms with Gasteiger partial charge in [-0.2, -0.15) is 0 Å². The predicted octanol–water partition coefficient (Wildman–Crippen LogP) is 2.55. The number of rotatable bonds is 5. The van der Waals surface area contributed by atoms with Crippen molar-refractivity contribution in [2.45, 2.75) is 45.4 Å². The molecule has 1 aliphatic rings. The Labute approximate surface area is 126 Å². The van der Waals surface area contributed by atoms with E-state index in [4.69, 9.17) is 10.5 Å². The van der Waals surface area contributed by atoms with E-state index in [1.807, 2.05) is 57.2 Å². The van der Waals surface area contributed by atoms with Crippen LogP contribution in [-0.4, -0.2) is 18.1 Å². The number of hydrogen-bond acceptors (Lipinski definition) is 3. The Morgan fingerprint density at radius 3 is 2.43 bits per heavy atom. The highest BCUT2D eigenvalue weighted by molar-refractivity contribution is 5.81. The standard InChI is InChI=1S/C17H24N2O2/c1-11(2)21-16-8-5-13(6-9-16)12(3)19-17(20)14-4-7-15(18)10-14/h4-9,11-12,14-15H,10,18H2,1-3H3,(H,19,20). The summed E-state index contributed by atoms with van der Waals surface area (Å²) in [6.45, 7) is 5.97. The van der Waals surface area contributed by atoms with Crippen molar-refractivity contribution in [2.75, 3.05) is 0 Å². The SMILES string of the molecule is CC(C)Oc1ccc(C(C)NC(=O)C2C=CC(N)C2)cc1. The third kappa shape index (κ3) is 4.33. The zero-order chi connectivity index (χ0) is 15.4. The molecule has 0 radical (unpaired) electrons. The highest BCUT2D eigenvalue weighted by Gasteiger charge is 2.23. The Hall–Kier alpha value is -1.81. The van der Waals surface area contributed by atoms with Crippen LogP contribution < -0.4 is 15.8 Å². The van der Waals surface area contributed by atoms with Gasteiger partial charge in [0.2, 0.25) is 5.91 Å². The van der Waals surface area contributed by atoms with Crippen molar-refractivity contribution in [3.63, 3.8) is 0 Å². The van der Waals surface area contributed by atoms with Crippen molar-refractivity contribution in [3.8, 4) is 5.75 Å². The quantitative estimate of drug-likeness (QED) is 0.818. The largest absolute Gasteiger partial charge is 0.491 e. The first-order valence-corrected chi connectivity index (χ1v) is 7.46. The molecule has 0 aromatic heterocycles. The van der Waals surface area contributed by atoms with E-state index < -0.39 is 0 Å². The Balaban J connectivity index is 1.92. The highest BCUT2D eigenvalue weighted by atomic mass is 16.5. The first-order chi connectivity index (χ1) is 9.95. The fourth-order valence-corrected chi connectivity index (χ4v) is 2.43. The van der Waals surface area contributed by atoms with Crippen LogP contribution >= 0.6 is 0 Å². The van der Waals surface area contributed by atoms with Crippen LogP contribution in [-0.2, 0) is 4.79 Å². The van der Waals surface area contributed by atoms with Gasteiger partial charge in [-0.3, -0.25) is 4.79 Å². The molecule has 1 aromatic carbocycles. The molecule has 21 heavy (non-hydrogen) atoms. The number of ether oxygens (including phenoxy) is 1. The van der Waals surface area contributed by atoms with Gasteiger partial charge in [-0.05, 0) is 44.9 Å². The van der Waals surface area contributed by atoms with E-state index in [-0.39, 0.29) is 30.0 Å². The molecule has 4 nitrogen and oxygen atoms in total. The van der Waals surface area contributed by atoms with Crippen LogP contribution in [0, 0.1) is 5.92 Å². The minimum Gasteiger partial charge on any atom is -0.491 e. The molecule has 0 saturated carbocycles. The second-order valence-corrected chi connectivity index (χ2v) is 5.86. The van der Waals surface area contributed by atoms with Crippen LogP contribution in [0.5, 0.6) is 5.75 Å². The van der Waals surface area contributed by atoms with E-state index in [0.29, 0.717) is 6.42 Å². The lowest BCUT2D eigenvalue weighted by atomic mass is 10.0. The Bertz CT molecular complexity index is 508. The third-order valence-electron chi connectivity index (χ3n) is 3.56. The lowest BCUT2D eigenvalue weighted by Crippen LogP contribution is -2.32. The summed E-state index contributed by atoms with van der Waals surface area (Å²) >= 11 is 0. The minimum atomic E-state index is -0.106. The van der Waals surface area contributed by atoms with Crippen LogP contribution in [0.3, 0.4) is 0 Å². The first kappa shape index (κ1) is 15.6. The fraction of sp³-hybridized carbons (Fsp3) is 0.471. The molecule has 1 aliphatic carbocycles. The van der Waals surface area contributed by atoms with Crippen molar-refractivity contribution >= 4 is 5.91 Å². The van der Waals surface area contributed by atoms with Gasteiger partial charge < -0.3 is 15.8 Å². The highest BCUT2D eigenvalue weighted by Crippen LogP contribution is 2.21. The summed E-state index contributed by atoms with van der Waals surface area (Å²) in [7, 11) is 0. The predicted molar refractivity (Wildman–Crippen MR) is 84.0 cm³/mol. The maximum Gasteiger partial charge on any atom is 0.227 e. The molecule has 0 heterocycles. The van der Waals surface area contributed by atoms with Crippen LogP contribution in [0.4, 0.5) is 0 Å². The number of benzene rings is 1. The molecule has 4 heteroatoms. The fourth-order valence-electron chi connectivity index (χ4n) is 2.43. The topological polar surface area (TPSA) is 64.3 Å². The Morgan fingerprint density at radius 2 is 1.90 bits per heavy atom. The van der Waals surface area contributed by atoms with Crippen LogP contribution in [0.2, 0.25) is 0 Å². The summed E-state index contributed by atoms with van der Waals surface area (Å²) in [6, 6.07) is 7.81.